The van der Waals surface area contributed by atoms with Crippen LogP contribution in [-0.2, 0) is 38.9 Å². The van der Waals surface area contributed by atoms with Crippen molar-refractivity contribution in [3.05, 3.63) is 71.8 Å². The van der Waals surface area contributed by atoms with Gasteiger partial charge in [0.2, 0.25) is 0 Å². The van der Waals surface area contributed by atoms with E-state index in [4.69, 9.17) is 4.55 Å². The van der Waals surface area contributed by atoms with Crippen molar-refractivity contribution in [2.24, 2.45) is 16.7 Å². The molecule has 0 radical (unpaired) electrons. The molecule has 5 aliphatic rings. The van der Waals surface area contributed by atoms with Crippen LogP contribution in [0.1, 0.15) is 57.1 Å². The van der Waals surface area contributed by atoms with Gasteiger partial charge in [-0.25, -0.2) is 4.79 Å². The van der Waals surface area contributed by atoms with Gasteiger partial charge in [-0.15, -0.1) is 0 Å². The SMILES string of the molecule is CC1(C)[C@H]2CC[C@]1(CS(=O)(=O)O)C(=O)C2.O=C1N(Cc2ccccc2)C2C[S+]3CCCC3C2N1Cc1ccccc1. The highest BCUT2D eigenvalue weighted by atomic mass is 32.2. The number of Topliss-reactive ketones (excluding diaryl/α,β-unsaturated/α-hetero) is 1. The fraction of sp³-hybridized carbons (Fsp3) is 0.562. The first kappa shape index (κ1) is 28.7. The molecule has 3 aliphatic heterocycles. The van der Waals surface area contributed by atoms with Crippen LogP contribution in [0, 0.1) is 16.7 Å². The maximum absolute atomic E-state index is 13.4. The molecule has 0 aromatic heterocycles. The first-order chi connectivity index (χ1) is 19.5. The Balaban J connectivity index is 0.000000172. The molecule has 2 amide bonds. The van der Waals surface area contributed by atoms with Gasteiger partial charge < -0.3 is 9.80 Å². The number of fused-ring (bicyclic) bond motifs is 5. The quantitative estimate of drug-likeness (QED) is 0.290. The van der Waals surface area contributed by atoms with E-state index in [1.54, 1.807) is 0 Å². The van der Waals surface area contributed by atoms with Crippen LogP contribution in [0.15, 0.2) is 60.7 Å². The van der Waals surface area contributed by atoms with Crippen molar-refractivity contribution in [2.45, 2.75) is 76.4 Å². The number of hydrogen-bond donors (Lipinski definition) is 1. The Morgan fingerprint density at radius 2 is 1.54 bits per heavy atom. The van der Waals surface area contributed by atoms with Gasteiger partial charge in [0.25, 0.3) is 10.1 Å². The number of rotatable bonds is 6. The van der Waals surface area contributed by atoms with E-state index in [-0.39, 0.29) is 23.1 Å². The molecule has 6 atom stereocenters. The van der Waals surface area contributed by atoms with Gasteiger partial charge in [-0.3, -0.25) is 9.35 Å². The number of ketones is 1. The molecule has 2 aromatic carbocycles. The third-order valence-electron chi connectivity index (χ3n) is 10.7. The summed E-state index contributed by atoms with van der Waals surface area (Å²) in [4.78, 5) is 29.6. The average molecular weight is 598 g/mol. The highest BCUT2D eigenvalue weighted by molar-refractivity contribution is 7.98. The molecule has 41 heavy (non-hydrogen) atoms. The van der Waals surface area contributed by atoms with E-state index in [1.165, 1.54) is 35.5 Å². The second-order valence-electron chi connectivity index (χ2n) is 13.0. The van der Waals surface area contributed by atoms with E-state index in [0.29, 0.717) is 35.8 Å². The van der Waals surface area contributed by atoms with E-state index in [9.17, 15) is 18.0 Å². The third kappa shape index (κ3) is 5.12. The summed E-state index contributed by atoms with van der Waals surface area (Å²) in [7, 11) is -3.56. The second kappa shape index (κ2) is 10.7. The van der Waals surface area contributed by atoms with Crippen LogP contribution in [0.4, 0.5) is 4.79 Å². The summed E-state index contributed by atoms with van der Waals surface area (Å²) in [6.07, 6.45) is 4.63. The zero-order valence-corrected chi connectivity index (χ0v) is 25.6. The molecule has 0 spiro atoms. The number of carbonyl (C=O) groups excluding carboxylic acids is 2. The Kier molecular flexibility index (Phi) is 7.52. The number of urea groups is 1. The molecule has 9 heteroatoms. The minimum Gasteiger partial charge on any atom is -0.310 e. The van der Waals surface area contributed by atoms with E-state index in [1.807, 2.05) is 26.0 Å². The fourth-order valence-corrected chi connectivity index (χ4v) is 13.0. The zero-order valence-electron chi connectivity index (χ0n) is 23.9. The van der Waals surface area contributed by atoms with Gasteiger partial charge in [0.05, 0.1) is 11.2 Å². The van der Waals surface area contributed by atoms with Gasteiger partial charge in [-0.1, -0.05) is 74.5 Å². The highest BCUT2D eigenvalue weighted by Gasteiger charge is 2.65. The topological polar surface area (TPSA) is 95.0 Å². The van der Waals surface area contributed by atoms with E-state index >= 15 is 0 Å². The van der Waals surface area contributed by atoms with Crippen molar-refractivity contribution >= 4 is 32.8 Å². The average Bonchev–Trinajstić information content (AvgIpc) is 3.67. The molecule has 7 nitrogen and oxygen atoms in total. The first-order valence-electron chi connectivity index (χ1n) is 14.8. The number of hydrogen-bond acceptors (Lipinski definition) is 4. The van der Waals surface area contributed by atoms with E-state index in [0.717, 1.165) is 24.8 Å². The number of amides is 2. The van der Waals surface area contributed by atoms with Crippen LogP contribution >= 0.6 is 0 Å². The lowest BCUT2D eigenvalue weighted by molar-refractivity contribution is -0.128. The molecule has 3 heterocycles. The molecule has 7 rings (SSSR count). The van der Waals surface area contributed by atoms with Crippen molar-refractivity contribution < 1.29 is 22.6 Å². The number of nitrogens with zero attached hydrogens (tertiary/aromatic N) is 2. The van der Waals surface area contributed by atoms with Crippen LogP contribution in [-0.4, -0.2) is 69.2 Å². The number of carbonyl (C=O) groups is 2. The van der Waals surface area contributed by atoms with Crippen molar-refractivity contribution in [1.29, 1.82) is 0 Å². The smallest absolute Gasteiger partial charge is 0.310 e. The van der Waals surface area contributed by atoms with Gasteiger partial charge in [0.15, 0.2) is 0 Å². The maximum atomic E-state index is 13.4. The molecule has 2 aromatic rings. The summed E-state index contributed by atoms with van der Waals surface area (Å²) < 4.78 is 31.0. The monoisotopic (exact) mass is 597 g/mol. The van der Waals surface area contributed by atoms with Gasteiger partial charge in [0, 0.05) is 25.9 Å². The Bertz CT molecular complexity index is 1400. The lowest BCUT2D eigenvalue weighted by atomic mass is 9.70. The first-order valence-corrected chi connectivity index (χ1v) is 18.0. The number of benzene rings is 2. The van der Waals surface area contributed by atoms with Crippen LogP contribution in [0.2, 0.25) is 0 Å². The molecule has 1 N–H and O–H groups in total. The maximum Gasteiger partial charge on any atom is 0.321 e. The highest BCUT2D eigenvalue weighted by Crippen LogP contribution is 2.64. The second-order valence-corrected chi connectivity index (χ2v) is 16.9. The third-order valence-corrected chi connectivity index (χ3v) is 14.5. The van der Waals surface area contributed by atoms with E-state index in [2.05, 4.69) is 58.3 Å². The normalized spacial score (nSPS) is 33.1. The predicted molar refractivity (Wildman–Crippen MR) is 162 cm³/mol. The van der Waals surface area contributed by atoms with Gasteiger partial charge in [-0.2, -0.15) is 8.42 Å². The van der Waals surface area contributed by atoms with Crippen LogP contribution in [0.3, 0.4) is 0 Å². The molecular weight excluding hydrogens is 556 g/mol. The van der Waals surface area contributed by atoms with Crippen molar-refractivity contribution in [2.75, 3.05) is 17.3 Å². The molecule has 4 unspecified atom stereocenters. The molecule has 5 fully saturated rings. The molecule has 2 aliphatic carbocycles. The predicted octanol–water partition coefficient (Wildman–Crippen LogP) is 4.93. The van der Waals surface area contributed by atoms with Crippen LogP contribution < -0.4 is 0 Å². The lowest BCUT2D eigenvalue weighted by Crippen LogP contribution is -2.42. The van der Waals surface area contributed by atoms with Crippen LogP contribution in [0.25, 0.3) is 0 Å². The minimum absolute atomic E-state index is 0.0152. The zero-order chi connectivity index (χ0) is 29.0. The molecule has 220 valence electrons. The fourth-order valence-electron chi connectivity index (χ4n) is 8.38. The van der Waals surface area contributed by atoms with E-state index < -0.39 is 21.3 Å². The lowest BCUT2D eigenvalue weighted by Gasteiger charge is -2.35. The molecule has 2 saturated carbocycles. The summed E-state index contributed by atoms with van der Waals surface area (Å²) in [5.41, 5.74) is 1.36. The molecular formula is C32H41N2O5S2+. The van der Waals surface area contributed by atoms with Crippen molar-refractivity contribution in [1.82, 2.24) is 9.80 Å². The Labute approximate surface area is 246 Å². The van der Waals surface area contributed by atoms with Gasteiger partial charge in [-0.05, 0) is 52.6 Å². The summed E-state index contributed by atoms with van der Waals surface area (Å²) >= 11 is 0. The molecule has 2 bridgehead atoms. The molecule has 3 saturated heterocycles. The summed E-state index contributed by atoms with van der Waals surface area (Å²) in [6.45, 7) is 5.39. The minimum atomic E-state index is -4.08. The summed E-state index contributed by atoms with van der Waals surface area (Å²) in [5.74, 6) is 2.50. The summed E-state index contributed by atoms with van der Waals surface area (Å²) in [6, 6.07) is 22.0. The van der Waals surface area contributed by atoms with Crippen LogP contribution in [0.5, 0.6) is 0 Å². The Morgan fingerprint density at radius 3 is 2.07 bits per heavy atom. The largest absolute Gasteiger partial charge is 0.321 e. The van der Waals surface area contributed by atoms with Crippen molar-refractivity contribution in [3.63, 3.8) is 0 Å². The van der Waals surface area contributed by atoms with Gasteiger partial charge >= 0.3 is 6.03 Å². The summed E-state index contributed by atoms with van der Waals surface area (Å²) in [5, 5.41) is 0.730. The standard InChI is InChI=1S/C22H25N2OS.C10H16O4S/c25-22-23(14-17-8-3-1-4-9-17)19-16-26-13-7-12-20(26)21(19)24(22)15-18-10-5-2-6-11-18;1-9(2)7-3-4-10(9,8(11)5-7)6-15(12,13)14/h1-6,8-11,19-21H,7,12-16H2;7H,3-6H2,1-2H3,(H,12,13,14)/q+1;/t;7-,10-/m.0/s1. The van der Waals surface area contributed by atoms with Gasteiger partial charge in [0.1, 0.15) is 34.6 Å². The Morgan fingerprint density at radius 1 is 0.927 bits per heavy atom. The Hall–Kier alpha value is -2.36. The van der Waals surface area contributed by atoms with Crippen molar-refractivity contribution in [3.8, 4) is 0 Å².